The van der Waals surface area contributed by atoms with Crippen LogP contribution in [0.5, 0.6) is 0 Å². The number of nitrogens with zero attached hydrogens (tertiary/aromatic N) is 2. The maximum Gasteiger partial charge on any atom is 0.109 e. The lowest BCUT2D eigenvalue weighted by Gasteiger charge is -2.24. The van der Waals surface area contributed by atoms with E-state index in [1.807, 2.05) is 33.8 Å². The van der Waals surface area contributed by atoms with Gasteiger partial charge >= 0.3 is 0 Å². The van der Waals surface area contributed by atoms with Crippen LogP contribution >= 0.6 is 23.0 Å². The zero-order chi connectivity index (χ0) is 8.32. The number of hydrogen-bond acceptors (Lipinski definition) is 2. The van der Waals surface area contributed by atoms with E-state index in [-0.39, 0.29) is 5.54 Å². The maximum absolute atomic E-state index is 5.05. The number of hydrogen-bond donors (Lipinski definition) is 0. The molecule has 0 aliphatic heterocycles. The molecule has 0 radical (unpaired) electrons. The van der Waals surface area contributed by atoms with Crippen molar-refractivity contribution >= 4 is 23.0 Å². The van der Waals surface area contributed by atoms with Gasteiger partial charge in [0.05, 0.1) is 18.5 Å². The lowest BCUT2D eigenvalue weighted by molar-refractivity contribution is 0.232. The van der Waals surface area contributed by atoms with Gasteiger partial charge in [-0.25, -0.2) is 4.98 Å². The molecule has 4 heteroatoms. The second-order valence-electron chi connectivity index (χ2n) is 3.04. The number of imidazole rings is 1. The van der Waals surface area contributed by atoms with E-state index >= 15 is 0 Å². The molecule has 0 aliphatic rings. The Bertz CT molecular complexity index is 208. The number of halogens is 1. The van der Waals surface area contributed by atoms with Gasteiger partial charge in [-0.2, -0.15) is 0 Å². The highest BCUT2D eigenvalue weighted by atomic mass is 127. The largest absolute Gasteiger partial charge is 0.330 e. The van der Waals surface area contributed by atoms with Gasteiger partial charge < -0.3 is 7.63 Å². The Hall–Kier alpha value is -0.100. The summed E-state index contributed by atoms with van der Waals surface area (Å²) < 4.78 is 7.09. The molecule has 3 nitrogen and oxygen atoms in total. The maximum atomic E-state index is 5.05. The van der Waals surface area contributed by atoms with Crippen molar-refractivity contribution < 1.29 is 3.07 Å². The van der Waals surface area contributed by atoms with E-state index in [2.05, 4.69) is 18.8 Å². The number of rotatable bonds is 3. The predicted molar refractivity (Wildman–Crippen MR) is 51.5 cm³/mol. The fraction of sp³-hybridized carbons (Fsp3) is 0.571. The second-order valence-corrected chi connectivity index (χ2v) is 3.66. The van der Waals surface area contributed by atoms with E-state index in [4.69, 9.17) is 3.07 Å². The molecule has 11 heavy (non-hydrogen) atoms. The highest BCUT2D eigenvalue weighted by molar-refractivity contribution is 14.1. The predicted octanol–water partition coefficient (Wildman–Crippen LogP) is 1.98. The monoisotopic (exact) mass is 266 g/mol. The summed E-state index contributed by atoms with van der Waals surface area (Å²) in [7, 11) is 0. The lowest BCUT2D eigenvalue weighted by atomic mass is 10.1. The Morgan fingerprint density at radius 3 is 2.82 bits per heavy atom. The fourth-order valence-electron chi connectivity index (χ4n) is 0.825. The normalized spacial score (nSPS) is 11.9. The zero-order valence-electron chi connectivity index (χ0n) is 6.62. The van der Waals surface area contributed by atoms with Crippen molar-refractivity contribution in [1.29, 1.82) is 0 Å². The Kier molecular flexibility index (Phi) is 2.89. The van der Waals surface area contributed by atoms with Crippen molar-refractivity contribution in [2.75, 3.05) is 6.61 Å². The van der Waals surface area contributed by atoms with Crippen LogP contribution in [0.2, 0.25) is 0 Å². The molecular formula is C7H11IN2O. The van der Waals surface area contributed by atoms with Gasteiger partial charge in [-0.3, -0.25) is 0 Å². The minimum atomic E-state index is -0.00229. The van der Waals surface area contributed by atoms with Crippen molar-refractivity contribution in [3.8, 4) is 0 Å². The topological polar surface area (TPSA) is 27.1 Å². The van der Waals surface area contributed by atoms with Crippen molar-refractivity contribution in [1.82, 2.24) is 9.55 Å². The van der Waals surface area contributed by atoms with Crippen LogP contribution in [0.3, 0.4) is 0 Å². The van der Waals surface area contributed by atoms with E-state index in [9.17, 15) is 0 Å². The molecule has 0 fully saturated rings. The molecule has 0 aromatic carbocycles. The average molecular weight is 266 g/mol. The van der Waals surface area contributed by atoms with Gasteiger partial charge in [0, 0.05) is 12.4 Å². The summed E-state index contributed by atoms with van der Waals surface area (Å²) in [5.74, 6) is 0. The van der Waals surface area contributed by atoms with Gasteiger partial charge in [0.1, 0.15) is 23.0 Å². The van der Waals surface area contributed by atoms with E-state index in [0.717, 1.165) is 0 Å². The van der Waals surface area contributed by atoms with E-state index in [1.54, 1.807) is 12.5 Å². The number of aromatic nitrogens is 2. The standard InChI is InChI=1S/C7H11IN2O/c1-7(2,5-11-8)10-4-3-9-6-10/h3-4,6H,5H2,1-2H3. The first-order valence-electron chi connectivity index (χ1n) is 3.39. The molecule has 0 unspecified atom stereocenters. The fourth-order valence-corrected chi connectivity index (χ4v) is 1.59. The molecule has 0 amide bonds. The second kappa shape index (κ2) is 3.53. The first-order chi connectivity index (χ1) is 5.17. The Balaban J connectivity index is 2.73. The lowest BCUT2D eigenvalue weighted by Crippen LogP contribution is -2.29. The summed E-state index contributed by atoms with van der Waals surface area (Å²) in [6.45, 7) is 4.89. The minimum Gasteiger partial charge on any atom is -0.330 e. The van der Waals surface area contributed by atoms with Gasteiger partial charge in [0.15, 0.2) is 0 Å². The van der Waals surface area contributed by atoms with Crippen molar-refractivity contribution in [3.63, 3.8) is 0 Å². The van der Waals surface area contributed by atoms with Crippen molar-refractivity contribution in [2.24, 2.45) is 0 Å². The molecule has 1 rings (SSSR count). The molecule has 0 aliphatic carbocycles. The summed E-state index contributed by atoms with van der Waals surface area (Å²) >= 11 is 1.90. The first kappa shape index (κ1) is 8.99. The first-order valence-corrected chi connectivity index (χ1v) is 4.27. The van der Waals surface area contributed by atoms with Gasteiger partial charge in [0.2, 0.25) is 0 Å². The molecule has 0 atom stereocenters. The molecule has 1 aromatic heterocycles. The third-order valence-corrected chi connectivity index (χ3v) is 1.92. The summed E-state index contributed by atoms with van der Waals surface area (Å²) in [6.07, 6.45) is 5.51. The molecule has 62 valence electrons. The minimum absolute atomic E-state index is 0.00229. The van der Waals surface area contributed by atoms with E-state index < -0.39 is 0 Å². The van der Waals surface area contributed by atoms with Crippen molar-refractivity contribution in [2.45, 2.75) is 19.4 Å². The molecule has 0 spiro atoms. The van der Waals surface area contributed by atoms with Crippen LogP contribution in [-0.4, -0.2) is 16.2 Å². The van der Waals surface area contributed by atoms with Crippen LogP contribution in [0, 0.1) is 0 Å². The van der Waals surface area contributed by atoms with Crippen LogP contribution in [0.15, 0.2) is 18.7 Å². The smallest absolute Gasteiger partial charge is 0.109 e. The van der Waals surface area contributed by atoms with Gasteiger partial charge in [-0.1, -0.05) is 0 Å². The molecule has 0 N–H and O–H groups in total. The van der Waals surface area contributed by atoms with Gasteiger partial charge in [-0.15, -0.1) is 0 Å². The molecule has 0 saturated carbocycles. The quantitative estimate of drug-likeness (QED) is 0.782. The molecule has 1 heterocycles. The summed E-state index contributed by atoms with van der Waals surface area (Å²) in [5.41, 5.74) is -0.00229. The van der Waals surface area contributed by atoms with E-state index in [0.29, 0.717) is 6.61 Å². The summed E-state index contributed by atoms with van der Waals surface area (Å²) in [5, 5.41) is 0. The third-order valence-electron chi connectivity index (χ3n) is 1.61. The SMILES string of the molecule is CC(C)(COI)n1ccnc1. The highest BCUT2D eigenvalue weighted by Crippen LogP contribution is 2.15. The Morgan fingerprint density at radius 1 is 1.64 bits per heavy atom. The Labute approximate surface area is 80.5 Å². The van der Waals surface area contributed by atoms with Crippen LogP contribution in [-0.2, 0) is 8.61 Å². The summed E-state index contributed by atoms with van der Waals surface area (Å²) in [4.78, 5) is 3.98. The van der Waals surface area contributed by atoms with Crippen molar-refractivity contribution in [3.05, 3.63) is 18.7 Å². The molecular weight excluding hydrogens is 255 g/mol. The van der Waals surface area contributed by atoms with E-state index in [1.165, 1.54) is 0 Å². The highest BCUT2D eigenvalue weighted by Gasteiger charge is 2.18. The van der Waals surface area contributed by atoms with Crippen LogP contribution in [0.25, 0.3) is 0 Å². The van der Waals surface area contributed by atoms with Crippen LogP contribution in [0.4, 0.5) is 0 Å². The summed E-state index contributed by atoms with van der Waals surface area (Å²) in [6, 6.07) is 0. The molecule has 0 bridgehead atoms. The van der Waals surface area contributed by atoms with Gasteiger partial charge in [0.25, 0.3) is 0 Å². The third kappa shape index (κ3) is 2.16. The van der Waals surface area contributed by atoms with Crippen LogP contribution < -0.4 is 0 Å². The molecule has 0 saturated heterocycles. The zero-order valence-corrected chi connectivity index (χ0v) is 8.78. The average Bonchev–Trinajstić information content (AvgIpc) is 2.37. The molecule has 1 aromatic rings. The van der Waals surface area contributed by atoms with Gasteiger partial charge in [-0.05, 0) is 13.8 Å². The Morgan fingerprint density at radius 2 is 2.36 bits per heavy atom. The van der Waals surface area contributed by atoms with Crippen LogP contribution in [0.1, 0.15) is 13.8 Å².